The summed E-state index contributed by atoms with van der Waals surface area (Å²) < 4.78 is 31.3. The molecule has 0 saturated carbocycles. The second kappa shape index (κ2) is 7.02. The van der Waals surface area contributed by atoms with Crippen molar-refractivity contribution in [3.8, 4) is 5.75 Å². The highest BCUT2D eigenvalue weighted by Gasteiger charge is 2.13. The van der Waals surface area contributed by atoms with Crippen molar-refractivity contribution in [2.45, 2.75) is 13.0 Å². The van der Waals surface area contributed by atoms with E-state index in [1.54, 1.807) is 20.2 Å². The second-order valence-corrected chi connectivity index (χ2v) is 4.99. The zero-order chi connectivity index (χ0) is 16.1. The van der Waals surface area contributed by atoms with Crippen molar-refractivity contribution < 1.29 is 18.3 Å². The van der Waals surface area contributed by atoms with Crippen LogP contribution in [0.3, 0.4) is 0 Å². The Hall–Kier alpha value is -2.43. The monoisotopic (exact) mass is 305 g/mol. The van der Waals surface area contributed by atoms with E-state index < -0.39 is 11.6 Å². The van der Waals surface area contributed by atoms with Gasteiger partial charge in [0.2, 0.25) is 5.91 Å². The van der Waals surface area contributed by atoms with E-state index in [0.717, 1.165) is 17.7 Å². The van der Waals surface area contributed by atoms with E-state index in [1.807, 2.05) is 18.2 Å². The Bertz CT molecular complexity index is 673. The normalized spacial score (nSPS) is 10.4. The molecule has 0 aliphatic carbocycles. The predicted molar refractivity (Wildman–Crippen MR) is 79.5 cm³/mol. The maximum Gasteiger partial charge on any atom is 0.227 e. The number of halogens is 2. The van der Waals surface area contributed by atoms with Crippen molar-refractivity contribution in [3.63, 3.8) is 0 Å². The van der Waals surface area contributed by atoms with Crippen LogP contribution in [0.2, 0.25) is 0 Å². The first-order valence-electron chi connectivity index (χ1n) is 6.81. The molecule has 2 aromatic carbocycles. The van der Waals surface area contributed by atoms with Gasteiger partial charge in [0.15, 0.2) is 11.6 Å². The Morgan fingerprint density at radius 1 is 1.14 bits per heavy atom. The highest BCUT2D eigenvalue weighted by Crippen LogP contribution is 2.19. The van der Waals surface area contributed by atoms with Crippen molar-refractivity contribution in [3.05, 3.63) is 65.2 Å². The maximum absolute atomic E-state index is 13.2. The third-order valence-corrected chi connectivity index (χ3v) is 3.36. The first-order chi connectivity index (χ1) is 10.5. The van der Waals surface area contributed by atoms with E-state index >= 15 is 0 Å². The summed E-state index contributed by atoms with van der Waals surface area (Å²) in [4.78, 5) is 13.7. The Morgan fingerprint density at radius 2 is 1.86 bits per heavy atom. The Labute approximate surface area is 128 Å². The molecule has 0 N–H and O–H groups in total. The largest absolute Gasteiger partial charge is 0.496 e. The van der Waals surface area contributed by atoms with Gasteiger partial charge in [0.05, 0.1) is 13.5 Å². The first-order valence-corrected chi connectivity index (χ1v) is 6.81. The molecular formula is C17H17F2NO2. The van der Waals surface area contributed by atoms with Gasteiger partial charge in [0.1, 0.15) is 5.75 Å². The number of carbonyl (C=O) groups excluding carboxylic acids is 1. The quantitative estimate of drug-likeness (QED) is 0.849. The summed E-state index contributed by atoms with van der Waals surface area (Å²) >= 11 is 0. The summed E-state index contributed by atoms with van der Waals surface area (Å²) in [6, 6.07) is 10.9. The molecule has 0 atom stereocenters. The fraction of sp³-hybridized carbons (Fsp3) is 0.235. The molecule has 0 unspecified atom stereocenters. The van der Waals surface area contributed by atoms with Gasteiger partial charge in [-0.15, -0.1) is 0 Å². The molecule has 0 heterocycles. The van der Waals surface area contributed by atoms with Crippen LogP contribution in [0.25, 0.3) is 0 Å². The Balaban J connectivity index is 2.04. The summed E-state index contributed by atoms with van der Waals surface area (Å²) in [5.41, 5.74) is 1.32. The highest BCUT2D eigenvalue weighted by atomic mass is 19.2. The Morgan fingerprint density at radius 3 is 2.55 bits per heavy atom. The zero-order valence-corrected chi connectivity index (χ0v) is 12.5. The molecule has 2 aromatic rings. The molecule has 116 valence electrons. The molecule has 0 fully saturated rings. The lowest BCUT2D eigenvalue weighted by molar-refractivity contribution is -0.129. The van der Waals surface area contributed by atoms with Gasteiger partial charge in [-0.25, -0.2) is 8.78 Å². The number of rotatable bonds is 5. The fourth-order valence-corrected chi connectivity index (χ4v) is 2.15. The van der Waals surface area contributed by atoms with Crippen LogP contribution in [0, 0.1) is 11.6 Å². The van der Waals surface area contributed by atoms with Crippen LogP contribution in [-0.4, -0.2) is 25.0 Å². The average molecular weight is 305 g/mol. The average Bonchev–Trinajstić information content (AvgIpc) is 2.51. The summed E-state index contributed by atoms with van der Waals surface area (Å²) in [6.07, 6.45) is 0.185. The SMILES string of the molecule is COc1ccccc1CC(=O)N(C)Cc1ccc(F)c(F)c1. The van der Waals surface area contributed by atoms with E-state index in [9.17, 15) is 13.6 Å². The van der Waals surface area contributed by atoms with Gasteiger partial charge in [-0.2, -0.15) is 0 Å². The molecule has 0 radical (unpaired) electrons. The van der Waals surface area contributed by atoms with Crippen LogP contribution in [0.15, 0.2) is 42.5 Å². The van der Waals surface area contributed by atoms with Gasteiger partial charge < -0.3 is 9.64 Å². The van der Waals surface area contributed by atoms with Gasteiger partial charge >= 0.3 is 0 Å². The van der Waals surface area contributed by atoms with Crippen molar-refractivity contribution in [1.82, 2.24) is 4.90 Å². The van der Waals surface area contributed by atoms with Crippen molar-refractivity contribution >= 4 is 5.91 Å². The lowest BCUT2D eigenvalue weighted by atomic mass is 10.1. The molecule has 0 aromatic heterocycles. The topological polar surface area (TPSA) is 29.5 Å². The third kappa shape index (κ3) is 3.81. The molecule has 0 bridgehead atoms. The minimum atomic E-state index is -0.914. The van der Waals surface area contributed by atoms with Crippen LogP contribution < -0.4 is 4.74 Å². The van der Waals surface area contributed by atoms with Crippen molar-refractivity contribution in [1.29, 1.82) is 0 Å². The minimum Gasteiger partial charge on any atom is -0.496 e. The van der Waals surface area contributed by atoms with Gasteiger partial charge in [-0.3, -0.25) is 4.79 Å². The lowest BCUT2D eigenvalue weighted by Crippen LogP contribution is -2.27. The number of hydrogen-bond donors (Lipinski definition) is 0. The van der Waals surface area contributed by atoms with Gasteiger partial charge in [0, 0.05) is 19.2 Å². The number of amides is 1. The van der Waals surface area contributed by atoms with Crippen LogP contribution in [0.1, 0.15) is 11.1 Å². The molecule has 2 rings (SSSR count). The van der Waals surface area contributed by atoms with Gasteiger partial charge in [-0.05, 0) is 23.8 Å². The maximum atomic E-state index is 13.2. The third-order valence-electron chi connectivity index (χ3n) is 3.36. The van der Waals surface area contributed by atoms with Crippen LogP contribution in [-0.2, 0) is 17.8 Å². The van der Waals surface area contributed by atoms with Crippen LogP contribution in [0.4, 0.5) is 8.78 Å². The number of hydrogen-bond acceptors (Lipinski definition) is 2. The van der Waals surface area contributed by atoms with Gasteiger partial charge in [0.25, 0.3) is 0 Å². The highest BCUT2D eigenvalue weighted by molar-refractivity contribution is 5.79. The zero-order valence-electron chi connectivity index (χ0n) is 12.5. The Kier molecular flexibility index (Phi) is 5.09. The molecular weight excluding hydrogens is 288 g/mol. The standard InChI is InChI=1S/C17H17F2NO2/c1-20(11-12-7-8-14(18)15(19)9-12)17(21)10-13-5-3-4-6-16(13)22-2/h3-9H,10-11H2,1-2H3. The van der Waals surface area contributed by atoms with Crippen molar-refractivity contribution in [2.24, 2.45) is 0 Å². The summed E-state index contributed by atoms with van der Waals surface area (Å²) in [5.74, 6) is -1.29. The number of carbonyl (C=O) groups is 1. The summed E-state index contributed by atoms with van der Waals surface area (Å²) in [7, 11) is 3.17. The molecule has 0 saturated heterocycles. The number of para-hydroxylation sites is 1. The second-order valence-electron chi connectivity index (χ2n) is 4.99. The lowest BCUT2D eigenvalue weighted by Gasteiger charge is -2.18. The van der Waals surface area contributed by atoms with Crippen molar-refractivity contribution in [2.75, 3.05) is 14.2 Å². The predicted octanol–water partition coefficient (Wildman–Crippen LogP) is 3.17. The molecule has 1 amide bonds. The molecule has 5 heteroatoms. The molecule has 0 aliphatic heterocycles. The van der Waals surface area contributed by atoms with Crippen LogP contribution in [0.5, 0.6) is 5.75 Å². The smallest absolute Gasteiger partial charge is 0.227 e. The minimum absolute atomic E-state index is 0.130. The van der Waals surface area contributed by atoms with E-state index in [0.29, 0.717) is 11.3 Å². The van der Waals surface area contributed by atoms with E-state index in [4.69, 9.17) is 4.74 Å². The molecule has 22 heavy (non-hydrogen) atoms. The number of nitrogens with zero attached hydrogens (tertiary/aromatic N) is 1. The number of benzene rings is 2. The molecule has 0 spiro atoms. The fourth-order valence-electron chi connectivity index (χ4n) is 2.15. The van der Waals surface area contributed by atoms with E-state index in [2.05, 4.69) is 0 Å². The summed E-state index contributed by atoms with van der Waals surface area (Å²) in [6.45, 7) is 0.213. The molecule has 3 nitrogen and oxygen atoms in total. The molecule has 0 aliphatic rings. The first kappa shape index (κ1) is 15.9. The summed E-state index contributed by atoms with van der Waals surface area (Å²) in [5, 5.41) is 0. The number of likely N-dealkylation sites (N-methyl/N-ethyl adjacent to an activating group) is 1. The van der Waals surface area contributed by atoms with Gasteiger partial charge in [-0.1, -0.05) is 24.3 Å². The number of methoxy groups -OCH3 is 1. The number of ether oxygens (including phenoxy) is 1. The van der Waals surface area contributed by atoms with Crippen LogP contribution >= 0.6 is 0 Å². The van der Waals surface area contributed by atoms with E-state index in [-0.39, 0.29) is 18.9 Å². The van der Waals surface area contributed by atoms with E-state index in [1.165, 1.54) is 11.0 Å².